The summed E-state index contributed by atoms with van der Waals surface area (Å²) in [7, 11) is 0. The van der Waals surface area contributed by atoms with Crippen molar-refractivity contribution in [2.24, 2.45) is 52.8 Å². The Hall–Kier alpha value is -0.0800. The zero-order chi connectivity index (χ0) is 13.1. The molecule has 1 spiro atoms. The average Bonchev–Trinajstić information content (AvgIpc) is 2.33. The topological polar surface area (TPSA) is 40.5 Å². The van der Waals surface area contributed by atoms with Gasteiger partial charge in [0, 0.05) is 0 Å². The zero-order valence-electron chi connectivity index (χ0n) is 12.0. The average molecular weight is 272 g/mol. The van der Waals surface area contributed by atoms with Crippen LogP contribution in [0.5, 0.6) is 0 Å². The van der Waals surface area contributed by atoms with Crippen molar-refractivity contribution in [3.8, 4) is 0 Å². The van der Waals surface area contributed by atoms with Crippen molar-refractivity contribution in [1.29, 1.82) is 0 Å². The highest BCUT2D eigenvalue weighted by Crippen LogP contribution is 2.85. The van der Waals surface area contributed by atoms with Crippen molar-refractivity contribution in [3.63, 3.8) is 0 Å². The van der Waals surface area contributed by atoms with Gasteiger partial charge in [0.25, 0.3) is 0 Å². The van der Waals surface area contributed by atoms with E-state index in [1.807, 2.05) is 0 Å². The fraction of sp³-hybridized carbons (Fsp3) is 1.00. The van der Waals surface area contributed by atoms with E-state index in [9.17, 15) is 10.2 Å². The molecular weight excluding hydrogens is 248 g/mol. The maximum absolute atomic E-state index is 11.1. The first kappa shape index (κ1) is 10.6. The van der Waals surface area contributed by atoms with Crippen LogP contribution in [0.1, 0.15) is 44.9 Å². The van der Waals surface area contributed by atoms with E-state index in [0.717, 1.165) is 85.9 Å². The molecule has 10 unspecified atom stereocenters. The molecule has 10 aliphatic carbocycles. The molecule has 0 aromatic rings. The minimum Gasteiger partial charge on any atom is -0.390 e. The first-order valence-corrected chi connectivity index (χ1v) is 8.97. The second kappa shape index (κ2) is 2.54. The van der Waals surface area contributed by atoms with Gasteiger partial charge < -0.3 is 10.2 Å². The predicted molar refractivity (Wildman–Crippen MR) is 72.6 cm³/mol. The summed E-state index contributed by atoms with van der Waals surface area (Å²) >= 11 is 0. The molecule has 0 heterocycles. The Bertz CT molecular complexity index is 478. The maximum Gasteiger partial charge on any atom is 0.0659 e. The monoisotopic (exact) mass is 272 g/mol. The van der Waals surface area contributed by atoms with Crippen molar-refractivity contribution in [1.82, 2.24) is 0 Å². The van der Waals surface area contributed by atoms with E-state index in [-0.39, 0.29) is 11.2 Å². The van der Waals surface area contributed by atoms with Crippen LogP contribution in [0, 0.1) is 52.8 Å². The Morgan fingerprint density at radius 2 is 1.00 bits per heavy atom. The molecule has 11 atom stereocenters. The van der Waals surface area contributed by atoms with Crippen molar-refractivity contribution in [3.05, 3.63) is 0 Å². The van der Waals surface area contributed by atoms with Crippen LogP contribution in [0.25, 0.3) is 0 Å². The molecule has 0 aromatic carbocycles. The molecule has 0 radical (unpaired) electrons. The summed E-state index contributed by atoms with van der Waals surface area (Å²) in [6, 6.07) is 0. The van der Waals surface area contributed by atoms with Crippen LogP contribution in [-0.4, -0.2) is 21.4 Å². The van der Waals surface area contributed by atoms with Gasteiger partial charge in [-0.25, -0.2) is 0 Å². The molecule has 20 heavy (non-hydrogen) atoms. The van der Waals surface area contributed by atoms with E-state index in [4.69, 9.17) is 0 Å². The normalized spacial score (nSPS) is 80.7. The van der Waals surface area contributed by atoms with Crippen LogP contribution < -0.4 is 0 Å². The summed E-state index contributed by atoms with van der Waals surface area (Å²) in [6.45, 7) is 0. The maximum atomic E-state index is 11.1. The summed E-state index contributed by atoms with van der Waals surface area (Å²) in [5, 5.41) is 22.2. The van der Waals surface area contributed by atoms with Gasteiger partial charge in [-0.05, 0) is 97.7 Å². The number of rotatable bonds is 0. The lowest BCUT2D eigenvalue weighted by molar-refractivity contribution is -0.391. The molecule has 10 aliphatic rings. The molecule has 2 N–H and O–H groups in total. The van der Waals surface area contributed by atoms with Gasteiger partial charge in [0.2, 0.25) is 0 Å². The van der Waals surface area contributed by atoms with E-state index < -0.39 is 0 Å². The van der Waals surface area contributed by atoms with Gasteiger partial charge >= 0.3 is 0 Å². The highest BCUT2D eigenvalue weighted by atomic mass is 16.3. The van der Waals surface area contributed by atoms with Crippen LogP contribution >= 0.6 is 0 Å². The number of hydrogen-bond donors (Lipinski definition) is 2. The molecule has 10 saturated carbocycles. The van der Waals surface area contributed by atoms with Gasteiger partial charge in [0.05, 0.1) is 11.2 Å². The molecule has 10 rings (SSSR count). The van der Waals surface area contributed by atoms with Crippen molar-refractivity contribution in [2.75, 3.05) is 0 Å². The largest absolute Gasteiger partial charge is 0.390 e. The Morgan fingerprint density at radius 1 is 0.600 bits per heavy atom. The van der Waals surface area contributed by atoms with E-state index in [0.29, 0.717) is 5.41 Å². The van der Waals surface area contributed by atoms with Crippen molar-refractivity contribution < 1.29 is 10.2 Å². The van der Waals surface area contributed by atoms with Gasteiger partial charge in [-0.3, -0.25) is 0 Å². The van der Waals surface area contributed by atoms with Crippen LogP contribution in [0.2, 0.25) is 0 Å². The van der Waals surface area contributed by atoms with E-state index in [1.54, 1.807) is 0 Å². The van der Waals surface area contributed by atoms with Crippen LogP contribution in [0.4, 0.5) is 0 Å². The van der Waals surface area contributed by atoms with Gasteiger partial charge in [-0.1, -0.05) is 0 Å². The van der Waals surface area contributed by atoms with Crippen molar-refractivity contribution in [2.45, 2.75) is 56.1 Å². The minimum absolute atomic E-state index is 0.340. The molecule has 2 heteroatoms. The Labute approximate surface area is 119 Å². The fourth-order valence-corrected chi connectivity index (χ4v) is 10.4. The molecule has 0 aliphatic heterocycles. The molecule has 0 saturated heterocycles. The predicted octanol–water partition coefficient (Wildman–Crippen LogP) is 2.19. The summed E-state index contributed by atoms with van der Waals surface area (Å²) in [5.41, 5.74) is -0.310. The fourth-order valence-electron chi connectivity index (χ4n) is 10.4. The Kier molecular flexibility index (Phi) is 1.35. The molecule has 11 bridgehead atoms. The lowest BCUT2D eigenvalue weighted by Crippen LogP contribution is -2.82. The second-order valence-electron chi connectivity index (χ2n) is 10.1. The molecule has 10 fully saturated rings. The van der Waals surface area contributed by atoms with Gasteiger partial charge in [-0.2, -0.15) is 0 Å². The quantitative estimate of drug-likeness (QED) is 0.709. The molecule has 0 amide bonds. The minimum atomic E-state index is -0.340. The third-order valence-corrected chi connectivity index (χ3v) is 9.70. The first-order chi connectivity index (χ1) is 9.52. The summed E-state index contributed by atoms with van der Waals surface area (Å²) in [4.78, 5) is 0. The third kappa shape index (κ3) is 0.803. The zero-order valence-corrected chi connectivity index (χ0v) is 12.0. The van der Waals surface area contributed by atoms with Crippen LogP contribution in [-0.2, 0) is 0 Å². The summed E-state index contributed by atoms with van der Waals surface area (Å²) in [6.07, 6.45) is 8.01. The van der Waals surface area contributed by atoms with E-state index in [2.05, 4.69) is 0 Å². The summed E-state index contributed by atoms with van der Waals surface area (Å²) in [5.74, 6) is 7.01. The smallest absolute Gasteiger partial charge is 0.0659 e. The Morgan fingerprint density at radius 3 is 1.40 bits per heavy atom. The number of aliphatic hydroxyl groups is 2. The molecular formula is C18H24O2. The van der Waals surface area contributed by atoms with Gasteiger partial charge in [0.1, 0.15) is 0 Å². The van der Waals surface area contributed by atoms with Crippen molar-refractivity contribution >= 4 is 0 Å². The third-order valence-electron chi connectivity index (χ3n) is 9.70. The van der Waals surface area contributed by atoms with Crippen LogP contribution in [0.15, 0.2) is 0 Å². The SMILES string of the molecule is OC12CC3C4CC5C6CC7(O)C[C@@H]5C(C4C1)C(C2)(C7)C36. The standard InChI is InChI=1S/C18H24O2/c19-16-2-10-8-1-9-12-4-17(20)5-13(9)15(11(8)3-16)18(6-16,7-17)14(10)12/h8-15,19-20H,1-7H2/t8?,9?,10-,11?,12?,13?,14?,15?,16?,17?,18?/m0/s1. The highest BCUT2D eigenvalue weighted by Gasteiger charge is 2.82. The molecule has 0 aromatic heterocycles. The molecule has 108 valence electrons. The van der Waals surface area contributed by atoms with Gasteiger partial charge in [0.15, 0.2) is 0 Å². The first-order valence-electron chi connectivity index (χ1n) is 8.97. The van der Waals surface area contributed by atoms with E-state index >= 15 is 0 Å². The lowest BCUT2D eigenvalue weighted by Gasteiger charge is -2.85. The van der Waals surface area contributed by atoms with Crippen LogP contribution in [0.3, 0.4) is 0 Å². The van der Waals surface area contributed by atoms with Gasteiger partial charge in [-0.15, -0.1) is 0 Å². The second-order valence-corrected chi connectivity index (χ2v) is 10.1. The van der Waals surface area contributed by atoms with E-state index in [1.165, 1.54) is 6.42 Å². The summed E-state index contributed by atoms with van der Waals surface area (Å²) < 4.78 is 0. The lowest BCUT2D eigenvalue weighted by atomic mass is 9.21. The molecule has 2 nitrogen and oxygen atoms in total. The number of hydrogen-bond acceptors (Lipinski definition) is 2. The highest BCUT2D eigenvalue weighted by molar-refractivity contribution is 5.31. The Balaban J connectivity index is 1.55.